The van der Waals surface area contributed by atoms with Gasteiger partial charge in [-0.2, -0.15) is 0 Å². The van der Waals surface area contributed by atoms with Crippen LogP contribution in [0, 0.1) is 22.0 Å². The molecular formula is C24H15ClN2O4. The highest BCUT2D eigenvalue weighted by molar-refractivity contribution is 6.31. The predicted molar refractivity (Wildman–Crippen MR) is 113 cm³/mol. The first-order chi connectivity index (χ1) is 15.0. The average Bonchev–Trinajstić information content (AvgIpc) is 3.04. The molecule has 3 aromatic carbocycles. The molecule has 152 valence electrons. The van der Waals surface area contributed by atoms with Crippen LogP contribution < -0.4 is 4.90 Å². The molecule has 0 radical (unpaired) electrons. The summed E-state index contributed by atoms with van der Waals surface area (Å²) in [6.45, 7) is 0. The van der Waals surface area contributed by atoms with Gasteiger partial charge in [-0.1, -0.05) is 66.2 Å². The minimum atomic E-state index is -1.81. The Balaban J connectivity index is 1.68. The van der Waals surface area contributed by atoms with E-state index in [-0.39, 0.29) is 4.92 Å². The lowest BCUT2D eigenvalue weighted by atomic mass is 9.51. The van der Waals surface area contributed by atoms with Gasteiger partial charge in [0.1, 0.15) is 5.92 Å². The smallest absolute Gasteiger partial charge is 0.274 e. The fourth-order valence-electron chi connectivity index (χ4n) is 5.91. The molecule has 6 nitrogen and oxygen atoms in total. The van der Waals surface area contributed by atoms with E-state index in [1.165, 1.54) is 6.07 Å². The molecule has 1 heterocycles. The Morgan fingerprint density at radius 3 is 2.06 bits per heavy atom. The number of nitro groups is 1. The standard InChI is InChI=1S/C24H15ClN2O4/c25-13-6-5-7-14(12-13)26-22(28)20-19-15-8-1-3-10-17(15)24(27(30)31,21(20)23(26)29)18-11-4-2-9-16(18)19/h1-12,19-21H/t19?,20-,21+,24?/m1/s1. The number of carbonyl (C=O) groups is 2. The molecule has 4 aliphatic rings. The van der Waals surface area contributed by atoms with Crippen molar-refractivity contribution in [2.45, 2.75) is 11.5 Å². The van der Waals surface area contributed by atoms with Crippen LogP contribution in [0.3, 0.4) is 0 Å². The maximum atomic E-state index is 13.7. The van der Waals surface area contributed by atoms with Gasteiger partial charge < -0.3 is 0 Å². The minimum absolute atomic E-state index is 0.336. The lowest BCUT2D eigenvalue weighted by Gasteiger charge is -2.48. The van der Waals surface area contributed by atoms with Crippen molar-refractivity contribution in [3.8, 4) is 0 Å². The molecule has 3 aromatic rings. The normalized spacial score (nSPS) is 27.6. The third kappa shape index (κ3) is 2.03. The molecule has 2 bridgehead atoms. The van der Waals surface area contributed by atoms with Crippen LogP contribution in [0.5, 0.6) is 0 Å². The van der Waals surface area contributed by atoms with Gasteiger partial charge in [0.25, 0.3) is 5.54 Å². The lowest BCUT2D eigenvalue weighted by molar-refractivity contribution is -0.578. The molecule has 2 atom stereocenters. The Morgan fingerprint density at radius 1 is 0.871 bits per heavy atom. The molecule has 2 amide bonds. The van der Waals surface area contributed by atoms with E-state index in [1.54, 1.807) is 42.5 Å². The van der Waals surface area contributed by atoms with Crippen LogP contribution >= 0.6 is 11.6 Å². The van der Waals surface area contributed by atoms with Crippen LogP contribution in [0.25, 0.3) is 0 Å². The van der Waals surface area contributed by atoms with E-state index >= 15 is 0 Å². The molecule has 31 heavy (non-hydrogen) atoms. The van der Waals surface area contributed by atoms with Crippen LogP contribution in [0.4, 0.5) is 5.69 Å². The summed E-state index contributed by atoms with van der Waals surface area (Å²) >= 11 is 6.11. The second kappa shape index (κ2) is 6.02. The fraction of sp³-hybridized carbons (Fsp3) is 0.167. The Hall–Kier alpha value is -3.51. The van der Waals surface area contributed by atoms with Crippen LogP contribution in [-0.2, 0) is 15.1 Å². The number of imide groups is 1. The molecule has 1 fully saturated rings. The summed E-state index contributed by atoms with van der Waals surface area (Å²) in [5.74, 6) is -3.36. The average molecular weight is 431 g/mol. The SMILES string of the molecule is O=C1[C@@H]2C3c4ccccc4C([N+](=O)[O-])(c4ccccc43)[C@@H]2C(=O)N1c1cccc(Cl)c1. The summed E-state index contributed by atoms with van der Waals surface area (Å²) in [5, 5.41) is 13.2. The van der Waals surface area contributed by atoms with Crippen molar-refractivity contribution in [3.63, 3.8) is 0 Å². The van der Waals surface area contributed by atoms with E-state index in [9.17, 15) is 19.7 Å². The number of amides is 2. The Labute approximate surface area is 182 Å². The molecule has 7 heteroatoms. The summed E-state index contributed by atoms with van der Waals surface area (Å²) in [6.07, 6.45) is 0. The topological polar surface area (TPSA) is 80.5 Å². The van der Waals surface area contributed by atoms with Crippen molar-refractivity contribution in [2.75, 3.05) is 4.90 Å². The molecule has 1 saturated heterocycles. The zero-order valence-corrected chi connectivity index (χ0v) is 16.8. The van der Waals surface area contributed by atoms with Gasteiger partial charge >= 0.3 is 0 Å². The summed E-state index contributed by atoms with van der Waals surface area (Å²) in [7, 11) is 0. The van der Waals surface area contributed by atoms with E-state index in [4.69, 9.17) is 11.6 Å². The molecule has 0 unspecified atom stereocenters. The molecule has 7 rings (SSSR count). The second-order valence-corrected chi connectivity index (χ2v) is 8.61. The van der Waals surface area contributed by atoms with E-state index in [1.807, 2.05) is 24.3 Å². The number of hydrogen-bond donors (Lipinski definition) is 0. The first kappa shape index (κ1) is 18.3. The van der Waals surface area contributed by atoms with Crippen molar-refractivity contribution in [1.29, 1.82) is 0 Å². The van der Waals surface area contributed by atoms with Gasteiger partial charge in [-0.3, -0.25) is 19.7 Å². The van der Waals surface area contributed by atoms with Gasteiger partial charge in [0, 0.05) is 27.0 Å². The van der Waals surface area contributed by atoms with Gasteiger partial charge in [0.15, 0.2) is 0 Å². The van der Waals surface area contributed by atoms with E-state index in [0.29, 0.717) is 21.8 Å². The maximum Gasteiger partial charge on any atom is 0.285 e. The van der Waals surface area contributed by atoms with Crippen LogP contribution in [0.2, 0.25) is 5.02 Å². The third-order valence-corrected chi connectivity index (χ3v) is 7.16. The molecule has 3 aliphatic carbocycles. The van der Waals surface area contributed by atoms with Gasteiger partial charge in [0.05, 0.1) is 11.6 Å². The highest BCUT2D eigenvalue weighted by Crippen LogP contribution is 2.64. The Bertz CT molecular complexity index is 1270. The van der Waals surface area contributed by atoms with Crippen LogP contribution in [-0.4, -0.2) is 16.7 Å². The summed E-state index contributed by atoms with van der Waals surface area (Å²) in [6, 6.07) is 20.7. The molecule has 0 aromatic heterocycles. The highest BCUT2D eigenvalue weighted by Gasteiger charge is 2.74. The van der Waals surface area contributed by atoms with Crippen molar-refractivity contribution >= 4 is 29.1 Å². The lowest BCUT2D eigenvalue weighted by Crippen LogP contribution is -2.57. The number of nitrogens with zero attached hydrogens (tertiary/aromatic N) is 2. The van der Waals surface area contributed by atoms with E-state index < -0.39 is 35.1 Å². The first-order valence-electron chi connectivity index (χ1n) is 9.94. The van der Waals surface area contributed by atoms with Gasteiger partial charge in [-0.05, 0) is 29.3 Å². The second-order valence-electron chi connectivity index (χ2n) is 8.17. The summed E-state index contributed by atoms with van der Waals surface area (Å²) < 4.78 is 0. The number of rotatable bonds is 2. The summed E-state index contributed by atoms with van der Waals surface area (Å²) in [4.78, 5) is 41.0. The van der Waals surface area contributed by atoms with E-state index in [0.717, 1.165) is 16.0 Å². The minimum Gasteiger partial charge on any atom is -0.274 e. The maximum absolute atomic E-state index is 13.7. The van der Waals surface area contributed by atoms with Crippen molar-refractivity contribution in [2.24, 2.45) is 11.8 Å². The van der Waals surface area contributed by atoms with E-state index in [2.05, 4.69) is 0 Å². The number of hydrogen-bond acceptors (Lipinski definition) is 4. The molecule has 0 N–H and O–H groups in total. The Morgan fingerprint density at radius 2 is 1.48 bits per heavy atom. The van der Waals surface area contributed by atoms with Crippen LogP contribution in [0.15, 0.2) is 72.8 Å². The third-order valence-electron chi connectivity index (χ3n) is 6.93. The van der Waals surface area contributed by atoms with Crippen LogP contribution in [0.1, 0.15) is 28.2 Å². The van der Waals surface area contributed by atoms with Crippen molar-refractivity contribution < 1.29 is 14.5 Å². The number of halogens is 1. The predicted octanol–water partition coefficient (Wildman–Crippen LogP) is 4.13. The molecule has 0 spiro atoms. The highest BCUT2D eigenvalue weighted by atomic mass is 35.5. The molecule has 1 aliphatic heterocycles. The number of carbonyl (C=O) groups excluding carboxylic acids is 2. The fourth-order valence-corrected chi connectivity index (χ4v) is 6.10. The van der Waals surface area contributed by atoms with Gasteiger partial charge in [0.2, 0.25) is 11.8 Å². The molecular weight excluding hydrogens is 416 g/mol. The van der Waals surface area contributed by atoms with Crippen molar-refractivity contribution in [1.82, 2.24) is 0 Å². The summed E-state index contributed by atoms with van der Waals surface area (Å²) in [5.41, 5.74) is 1.01. The Kier molecular flexibility index (Phi) is 3.55. The zero-order chi connectivity index (χ0) is 21.5. The molecule has 0 saturated carbocycles. The monoisotopic (exact) mass is 430 g/mol. The largest absolute Gasteiger partial charge is 0.285 e. The van der Waals surface area contributed by atoms with Gasteiger partial charge in [-0.25, -0.2) is 4.90 Å². The number of anilines is 1. The van der Waals surface area contributed by atoms with Gasteiger partial charge in [-0.15, -0.1) is 0 Å². The zero-order valence-electron chi connectivity index (χ0n) is 16.1. The van der Waals surface area contributed by atoms with Crippen molar-refractivity contribution in [3.05, 3.63) is 110 Å². The number of benzene rings is 3. The first-order valence-corrected chi connectivity index (χ1v) is 10.3. The quantitative estimate of drug-likeness (QED) is 0.348.